The molecule has 2 aromatic rings. The van der Waals surface area contributed by atoms with E-state index in [1.54, 1.807) is 16.7 Å². The highest BCUT2D eigenvalue weighted by Gasteiger charge is 2.21. The van der Waals surface area contributed by atoms with Gasteiger partial charge in [-0.1, -0.05) is 13.3 Å². The molecule has 0 fully saturated rings. The molecule has 0 aliphatic heterocycles. The van der Waals surface area contributed by atoms with E-state index in [1.807, 2.05) is 25.8 Å². The minimum Gasteiger partial charge on any atom is -0.310 e. The Balaban J connectivity index is 2.35. The lowest BCUT2D eigenvalue weighted by atomic mass is 10.2. The van der Waals surface area contributed by atoms with E-state index in [0.29, 0.717) is 17.1 Å². The standard InChI is InChI=1S/C20H25FN4O/c1-5-6-11-24(4)13-19(26)23-20-18(12-22)14(2)15(3)25(20)17-9-7-16(21)8-10-17/h7-10H,5-6,11,13H2,1-4H3,(H,23,26). The van der Waals surface area contributed by atoms with Crippen molar-refractivity contribution in [1.29, 1.82) is 5.26 Å². The maximum atomic E-state index is 13.3. The number of carbonyl (C=O) groups is 1. The van der Waals surface area contributed by atoms with Crippen LogP contribution in [-0.2, 0) is 4.79 Å². The highest BCUT2D eigenvalue weighted by molar-refractivity contribution is 5.93. The zero-order valence-electron chi connectivity index (χ0n) is 15.8. The van der Waals surface area contributed by atoms with Gasteiger partial charge in [0, 0.05) is 11.4 Å². The zero-order chi connectivity index (χ0) is 19.3. The number of carbonyl (C=O) groups excluding carboxylic acids is 1. The fourth-order valence-electron chi connectivity index (χ4n) is 2.90. The number of nitriles is 1. The summed E-state index contributed by atoms with van der Waals surface area (Å²) in [5.41, 5.74) is 2.76. The van der Waals surface area contributed by atoms with Gasteiger partial charge in [0.05, 0.1) is 12.1 Å². The normalized spacial score (nSPS) is 10.8. The van der Waals surface area contributed by atoms with Crippen molar-refractivity contribution in [2.75, 3.05) is 25.5 Å². The minimum atomic E-state index is -0.334. The molecule has 138 valence electrons. The van der Waals surface area contributed by atoms with E-state index in [2.05, 4.69) is 18.3 Å². The van der Waals surface area contributed by atoms with Crippen molar-refractivity contribution in [2.24, 2.45) is 0 Å². The number of nitrogens with one attached hydrogen (secondary N) is 1. The number of unbranched alkanes of at least 4 members (excludes halogenated alkanes) is 1. The largest absolute Gasteiger partial charge is 0.310 e. The molecule has 26 heavy (non-hydrogen) atoms. The molecule has 1 amide bonds. The first-order valence-electron chi connectivity index (χ1n) is 8.75. The van der Waals surface area contributed by atoms with Crippen molar-refractivity contribution >= 4 is 11.7 Å². The van der Waals surface area contributed by atoms with Gasteiger partial charge in [0.15, 0.2) is 0 Å². The van der Waals surface area contributed by atoms with E-state index < -0.39 is 0 Å². The Morgan fingerprint density at radius 1 is 1.31 bits per heavy atom. The van der Waals surface area contributed by atoms with Crippen LogP contribution in [0, 0.1) is 31.0 Å². The molecule has 0 saturated heterocycles. The molecule has 0 atom stereocenters. The molecule has 1 aromatic heterocycles. The number of hydrogen-bond acceptors (Lipinski definition) is 3. The Hall–Kier alpha value is -2.65. The van der Waals surface area contributed by atoms with Crippen LogP contribution in [-0.4, -0.2) is 35.5 Å². The number of nitrogens with zero attached hydrogens (tertiary/aromatic N) is 3. The van der Waals surface area contributed by atoms with Gasteiger partial charge in [-0.3, -0.25) is 14.3 Å². The Kier molecular flexibility index (Phi) is 6.53. The van der Waals surface area contributed by atoms with Gasteiger partial charge in [0.2, 0.25) is 5.91 Å². The number of likely N-dealkylation sites (N-methyl/N-ethyl adjacent to an activating group) is 1. The van der Waals surface area contributed by atoms with Crippen molar-refractivity contribution in [3.63, 3.8) is 0 Å². The average Bonchev–Trinajstić information content (AvgIpc) is 2.84. The van der Waals surface area contributed by atoms with Gasteiger partial charge in [0.25, 0.3) is 0 Å². The molecule has 0 bridgehead atoms. The van der Waals surface area contributed by atoms with Crippen molar-refractivity contribution in [2.45, 2.75) is 33.6 Å². The van der Waals surface area contributed by atoms with E-state index in [9.17, 15) is 14.4 Å². The highest BCUT2D eigenvalue weighted by Crippen LogP contribution is 2.30. The quantitative estimate of drug-likeness (QED) is 0.821. The first-order chi connectivity index (χ1) is 12.4. The summed E-state index contributed by atoms with van der Waals surface area (Å²) >= 11 is 0. The zero-order valence-corrected chi connectivity index (χ0v) is 15.8. The Bertz CT molecular complexity index is 818. The van der Waals surface area contributed by atoms with Crippen LogP contribution < -0.4 is 5.32 Å². The van der Waals surface area contributed by atoms with E-state index in [1.165, 1.54) is 12.1 Å². The summed E-state index contributed by atoms with van der Waals surface area (Å²) in [6, 6.07) is 8.16. The van der Waals surface area contributed by atoms with E-state index in [0.717, 1.165) is 30.6 Å². The number of rotatable bonds is 7. The van der Waals surface area contributed by atoms with Crippen molar-refractivity contribution in [1.82, 2.24) is 9.47 Å². The van der Waals surface area contributed by atoms with Crippen LogP contribution >= 0.6 is 0 Å². The number of anilines is 1. The molecule has 0 spiro atoms. The lowest BCUT2D eigenvalue weighted by Gasteiger charge is -2.17. The van der Waals surface area contributed by atoms with Crippen LogP contribution in [0.25, 0.3) is 5.69 Å². The van der Waals surface area contributed by atoms with Gasteiger partial charge in [-0.15, -0.1) is 0 Å². The molecule has 0 radical (unpaired) electrons. The van der Waals surface area contributed by atoms with Crippen LogP contribution in [0.3, 0.4) is 0 Å². The van der Waals surface area contributed by atoms with Gasteiger partial charge in [0.1, 0.15) is 17.7 Å². The Labute approximate surface area is 154 Å². The molecule has 0 aliphatic carbocycles. The molecule has 2 rings (SSSR count). The first-order valence-corrected chi connectivity index (χ1v) is 8.75. The monoisotopic (exact) mass is 356 g/mol. The Morgan fingerprint density at radius 3 is 2.54 bits per heavy atom. The third-order valence-electron chi connectivity index (χ3n) is 4.47. The molecule has 5 nitrogen and oxygen atoms in total. The summed E-state index contributed by atoms with van der Waals surface area (Å²) in [4.78, 5) is 14.4. The molecule has 0 saturated carbocycles. The third kappa shape index (κ3) is 4.30. The molecule has 0 aliphatic rings. The van der Waals surface area contributed by atoms with Gasteiger partial charge >= 0.3 is 0 Å². The molecule has 1 heterocycles. The minimum absolute atomic E-state index is 0.180. The number of aromatic nitrogens is 1. The van der Waals surface area contributed by atoms with Gasteiger partial charge in [-0.05, 0) is 63.7 Å². The SMILES string of the molecule is CCCCN(C)CC(=O)Nc1c(C#N)c(C)c(C)n1-c1ccc(F)cc1. The summed E-state index contributed by atoms with van der Waals surface area (Å²) < 4.78 is 15.1. The third-order valence-corrected chi connectivity index (χ3v) is 4.47. The maximum Gasteiger partial charge on any atom is 0.239 e. The van der Waals surface area contributed by atoms with Gasteiger partial charge < -0.3 is 5.32 Å². The van der Waals surface area contributed by atoms with Crippen molar-refractivity contribution in [3.05, 3.63) is 46.9 Å². The van der Waals surface area contributed by atoms with Gasteiger partial charge in [-0.2, -0.15) is 5.26 Å². The second-order valence-corrected chi connectivity index (χ2v) is 6.50. The summed E-state index contributed by atoms with van der Waals surface area (Å²) in [6.07, 6.45) is 2.09. The second kappa shape index (κ2) is 8.63. The number of amides is 1. The van der Waals surface area contributed by atoms with Crippen molar-refractivity contribution in [3.8, 4) is 11.8 Å². The van der Waals surface area contributed by atoms with Crippen molar-refractivity contribution < 1.29 is 9.18 Å². The first kappa shape index (κ1) is 19.7. The number of halogens is 1. The van der Waals surface area contributed by atoms with E-state index in [-0.39, 0.29) is 18.3 Å². The molecule has 1 N–H and O–H groups in total. The second-order valence-electron chi connectivity index (χ2n) is 6.50. The maximum absolute atomic E-state index is 13.3. The fourth-order valence-corrected chi connectivity index (χ4v) is 2.90. The molecule has 0 unspecified atom stereocenters. The van der Waals surface area contributed by atoms with Crippen LogP contribution in [0.15, 0.2) is 24.3 Å². The molecule has 6 heteroatoms. The molecular weight excluding hydrogens is 331 g/mol. The summed E-state index contributed by atoms with van der Waals surface area (Å²) in [5.74, 6) is -0.0807. The highest BCUT2D eigenvalue weighted by atomic mass is 19.1. The molecular formula is C20H25FN4O. The fraction of sp³-hybridized carbons (Fsp3) is 0.400. The Morgan fingerprint density at radius 2 is 1.96 bits per heavy atom. The van der Waals surface area contributed by atoms with Crippen LogP contribution in [0.4, 0.5) is 10.2 Å². The summed E-state index contributed by atoms with van der Waals surface area (Å²) in [6.45, 7) is 6.91. The predicted octanol–water partition coefficient (Wildman–Crippen LogP) is 3.78. The van der Waals surface area contributed by atoms with Crippen LogP contribution in [0.5, 0.6) is 0 Å². The van der Waals surface area contributed by atoms with Crippen LogP contribution in [0.2, 0.25) is 0 Å². The topological polar surface area (TPSA) is 61.1 Å². The van der Waals surface area contributed by atoms with Gasteiger partial charge in [-0.25, -0.2) is 4.39 Å². The summed E-state index contributed by atoms with van der Waals surface area (Å²) in [7, 11) is 1.90. The lowest BCUT2D eigenvalue weighted by molar-refractivity contribution is -0.117. The average molecular weight is 356 g/mol. The predicted molar refractivity (Wildman–Crippen MR) is 101 cm³/mol. The lowest BCUT2D eigenvalue weighted by Crippen LogP contribution is -2.31. The molecule has 1 aromatic carbocycles. The van der Waals surface area contributed by atoms with E-state index in [4.69, 9.17) is 0 Å². The summed E-state index contributed by atoms with van der Waals surface area (Å²) in [5, 5.41) is 12.4. The smallest absolute Gasteiger partial charge is 0.239 e. The number of benzene rings is 1. The number of hydrogen-bond donors (Lipinski definition) is 1. The van der Waals surface area contributed by atoms with Crippen LogP contribution in [0.1, 0.15) is 36.6 Å². The van der Waals surface area contributed by atoms with E-state index >= 15 is 0 Å².